The Morgan fingerprint density at radius 3 is 2.33 bits per heavy atom. The summed E-state index contributed by atoms with van der Waals surface area (Å²) < 4.78 is 0. The molecule has 1 aromatic rings. The summed E-state index contributed by atoms with van der Waals surface area (Å²) in [6.45, 7) is 9.40. The lowest BCUT2D eigenvalue weighted by Gasteiger charge is -2.15. The average Bonchev–Trinajstić information content (AvgIpc) is 1.82. The van der Waals surface area contributed by atoms with E-state index in [1.54, 1.807) is 0 Å². The molecule has 1 aromatic carbocycles. The number of rotatable bonds is 2. The number of hydrogen-bond donors (Lipinski definition) is 0. The predicted molar refractivity (Wildman–Crippen MR) is 58.2 cm³/mol. The van der Waals surface area contributed by atoms with E-state index in [4.69, 9.17) is 0 Å². The number of hydrogen-bond acceptors (Lipinski definition) is 0. The van der Waals surface area contributed by atoms with Crippen LogP contribution >= 0.6 is 0 Å². The van der Waals surface area contributed by atoms with Gasteiger partial charge in [0.2, 0.25) is 0 Å². The minimum absolute atomic E-state index is 0.921. The van der Waals surface area contributed by atoms with Crippen molar-refractivity contribution < 1.29 is 0 Å². The Labute approximate surface area is 76.6 Å². The molecule has 0 aliphatic rings. The molecule has 1 rings (SSSR count). The first kappa shape index (κ1) is 9.52. The average molecular weight is 178 g/mol. The highest BCUT2D eigenvalue weighted by molar-refractivity contribution is 6.75. The van der Waals surface area contributed by atoms with Crippen molar-refractivity contribution in [3.05, 3.63) is 35.4 Å². The maximum atomic E-state index is 2.41. The molecule has 0 aliphatic carbocycles. The largest absolute Gasteiger partial charge is 0.0693 e. The molecule has 66 valence electrons. The molecule has 0 nitrogen and oxygen atoms in total. The van der Waals surface area contributed by atoms with E-state index in [-0.39, 0.29) is 0 Å². The Bertz CT molecular complexity index is 258. The van der Waals surface area contributed by atoms with E-state index in [0.29, 0.717) is 0 Å². The Morgan fingerprint density at radius 2 is 1.83 bits per heavy atom. The van der Waals surface area contributed by atoms with Crippen LogP contribution in [0, 0.1) is 6.92 Å². The fourth-order valence-corrected chi connectivity index (χ4v) is 2.88. The maximum Gasteiger partial charge on any atom is 0.0487 e. The second-order valence-corrected chi connectivity index (χ2v) is 10.2. The van der Waals surface area contributed by atoms with E-state index in [2.05, 4.69) is 50.8 Å². The molecule has 0 fully saturated rings. The van der Waals surface area contributed by atoms with Gasteiger partial charge in [-0.3, -0.25) is 0 Å². The zero-order valence-electron chi connectivity index (χ0n) is 8.52. The highest BCUT2D eigenvalue weighted by atomic mass is 28.3. The summed E-state index contributed by atoms with van der Waals surface area (Å²) in [7, 11) is -0.921. The molecule has 12 heavy (non-hydrogen) atoms. The van der Waals surface area contributed by atoms with Crippen molar-refractivity contribution in [2.24, 2.45) is 0 Å². The van der Waals surface area contributed by atoms with E-state index in [9.17, 15) is 0 Å². The van der Waals surface area contributed by atoms with Crippen LogP contribution < -0.4 is 0 Å². The van der Waals surface area contributed by atoms with E-state index in [1.165, 1.54) is 17.2 Å². The van der Waals surface area contributed by atoms with Crippen molar-refractivity contribution in [3.63, 3.8) is 0 Å². The Hall–Kier alpha value is -0.563. The fraction of sp³-hybridized carbons (Fsp3) is 0.455. The Morgan fingerprint density at radius 1 is 1.17 bits per heavy atom. The van der Waals surface area contributed by atoms with E-state index < -0.39 is 8.07 Å². The lowest BCUT2D eigenvalue weighted by atomic mass is 10.2. The zero-order valence-corrected chi connectivity index (χ0v) is 9.52. The van der Waals surface area contributed by atoms with Crippen LogP contribution in [0.2, 0.25) is 19.6 Å². The maximum absolute atomic E-state index is 2.41. The summed E-state index contributed by atoms with van der Waals surface area (Å²) in [4.78, 5) is 0. The van der Waals surface area contributed by atoms with Gasteiger partial charge in [0.25, 0.3) is 0 Å². The van der Waals surface area contributed by atoms with Gasteiger partial charge in [0.15, 0.2) is 0 Å². The lowest BCUT2D eigenvalue weighted by molar-refractivity contribution is 1.28. The van der Waals surface area contributed by atoms with Gasteiger partial charge in [0.1, 0.15) is 0 Å². The van der Waals surface area contributed by atoms with Crippen molar-refractivity contribution in [1.29, 1.82) is 0 Å². The molecule has 0 bridgehead atoms. The third kappa shape index (κ3) is 3.22. The van der Waals surface area contributed by atoms with Crippen LogP contribution in [0.3, 0.4) is 0 Å². The van der Waals surface area contributed by atoms with E-state index in [0.717, 1.165) is 0 Å². The van der Waals surface area contributed by atoms with E-state index >= 15 is 0 Å². The first-order chi connectivity index (χ1) is 5.47. The first-order valence-electron chi connectivity index (χ1n) is 4.53. The first-order valence-corrected chi connectivity index (χ1v) is 8.24. The van der Waals surface area contributed by atoms with Crippen molar-refractivity contribution in [3.8, 4) is 0 Å². The molecule has 0 unspecified atom stereocenters. The quantitative estimate of drug-likeness (QED) is 0.609. The third-order valence-electron chi connectivity index (χ3n) is 1.82. The van der Waals surface area contributed by atoms with Crippen molar-refractivity contribution in [2.45, 2.75) is 32.6 Å². The topological polar surface area (TPSA) is 0 Å². The van der Waals surface area contributed by atoms with Gasteiger partial charge in [-0.15, -0.1) is 0 Å². The summed E-state index contributed by atoms with van der Waals surface area (Å²) in [5.74, 6) is 0. The Kier molecular flexibility index (Phi) is 2.73. The highest BCUT2D eigenvalue weighted by Gasteiger charge is 2.13. The summed E-state index contributed by atoms with van der Waals surface area (Å²) in [5.41, 5.74) is 2.89. The van der Waals surface area contributed by atoms with Crippen LogP contribution in [0.5, 0.6) is 0 Å². The highest BCUT2D eigenvalue weighted by Crippen LogP contribution is 2.12. The van der Waals surface area contributed by atoms with Gasteiger partial charge in [-0.2, -0.15) is 0 Å². The molecule has 0 N–H and O–H groups in total. The monoisotopic (exact) mass is 178 g/mol. The van der Waals surface area contributed by atoms with Crippen molar-refractivity contribution >= 4 is 8.07 Å². The molecule has 0 radical (unpaired) electrons. The summed E-state index contributed by atoms with van der Waals surface area (Å²) in [6, 6.07) is 10.2. The van der Waals surface area contributed by atoms with Crippen LogP contribution in [0.1, 0.15) is 11.1 Å². The van der Waals surface area contributed by atoms with Gasteiger partial charge in [0.05, 0.1) is 0 Å². The second kappa shape index (κ2) is 3.44. The fourth-order valence-electron chi connectivity index (χ4n) is 1.43. The lowest BCUT2D eigenvalue weighted by Crippen LogP contribution is -2.23. The van der Waals surface area contributed by atoms with Crippen molar-refractivity contribution in [2.75, 3.05) is 0 Å². The van der Waals surface area contributed by atoms with Gasteiger partial charge in [0, 0.05) is 8.07 Å². The number of benzene rings is 1. The smallest absolute Gasteiger partial charge is 0.0487 e. The molecule has 0 heterocycles. The third-order valence-corrected chi connectivity index (χ3v) is 3.29. The molecule has 0 aliphatic heterocycles. The molecular formula is C11H18Si. The molecule has 0 saturated carbocycles. The van der Waals surface area contributed by atoms with Gasteiger partial charge in [-0.1, -0.05) is 55.0 Å². The summed E-state index contributed by atoms with van der Waals surface area (Å²) in [6.07, 6.45) is 0. The van der Waals surface area contributed by atoms with Crippen LogP contribution in [-0.2, 0) is 6.04 Å². The summed E-state index contributed by atoms with van der Waals surface area (Å²) >= 11 is 0. The van der Waals surface area contributed by atoms with Crippen molar-refractivity contribution in [1.82, 2.24) is 0 Å². The van der Waals surface area contributed by atoms with Crippen LogP contribution in [0.15, 0.2) is 24.3 Å². The minimum Gasteiger partial charge on any atom is -0.0693 e. The normalized spacial score (nSPS) is 11.7. The van der Waals surface area contributed by atoms with Crippen LogP contribution in [-0.4, -0.2) is 8.07 Å². The Balaban J connectivity index is 2.77. The summed E-state index contributed by atoms with van der Waals surface area (Å²) in [5, 5.41) is 0. The predicted octanol–water partition coefficient (Wildman–Crippen LogP) is 3.41. The van der Waals surface area contributed by atoms with E-state index in [1.807, 2.05) is 0 Å². The minimum atomic E-state index is -0.921. The molecule has 0 aromatic heterocycles. The van der Waals surface area contributed by atoms with Crippen LogP contribution in [0.4, 0.5) is 0 Å². The molecule has 1 heteroatoms. The molecule has 0 spiro atoms. The SMILES string of the molecule is Cc1cccc(C[Si](C)(C)C)c1. The number of aryl methyl sites for hydroxylation is 1. The van der Waals surface area contributed by atoms with Gasteiger partial charge in [-0.25, -0.2) is 0 Å². The second-order valence-electron chi connectivity index (χ2n) is 4.73. The standard InChI is InChI=1S/C11H18Si/c1-10-6-5-7-11(8-10)9-12(2,3)4/h5-8H,9H2,1-4H3. The van der Waals surface area contributed by atoms with Crippen LogP contribution in [0.25, 0.3) is 0 Å². The molecule has 0 amide bonds. The van der Waals surface area contributed by atoms with Gasteiger partial charge >= 0.3 is 0 Å². The molecule has 0 atom stereocenters. The van der Waals surface area contributed by atoms with Gasteiger partial charge < -0.3 is 0 Å². The molecular weight excluding hydrogens is 160 g/mol. The van der Waals surface area contributed by atoms with Gasteiger partial charge in [-0.05, 0) is 13.0 Å². The molecule has 0 saturated heterocycles. The zero-order chi connectivity index (χ0) is 9.19.